The molecule has 0 radical (unpaired) electrons. The molecular weight excluding hydrogens is 184 g/mol. The quantitative estimate of drug-likeness (QED) is 0.752. The summed E-state index contributed by atoms with van der Waals surface area (Å²) in [7, 11) is 0. The van der Waals surface area contributed by atoms with Crippen molar-refractivity contribution in [3.63, 3.8) is 0 Å². The third-order valence-corrected chi connectivity index (χ3v) is 2.00. The Hall–Kier alpha value is -0.760. The summed E-state index contributed by atoms with van der Waals surface area (Å²) in [5, 5.41) is 3.82. The molecule has 0 aliphatic heterocycles. The maximum Gasteiger partial charge on any atom is 0.129 e. The highest BCUT2D eigenvalue weighted by molar-refractivity contribution is 6.29. The first kappa shape index (κ1) is 10.3. The predicted molar refractivity (Wildman–Crippen MR) is 57.2 cm³/mol. The Labute approximate surface area is 84.3 Å². The molecule has 1 rings (SSSR count). The van der Waals surface area contributed by atoms with E-state index in [1.165, 1.54) is 6.42 Å². The van der Waals surface area contributed by atoms with E-state index in [1.807, 2.05) is 6.07 Å². The Morgan fingerprint density at radius 3 is 2.77 bits per heavy atom. The van der Waals surface area contributed by atoms with E-state index in [2.05, 4.69) is 24.1 Å². The molecule has 3 heteroatoms. The van der Waals surface area contributed by atoms with E-state index in [0.717, 1.165) is 18.2 Å². The van der Waals surface area contributed by atoms with Crippen LogP contribution in [-0.4, -0.2) is 11.5 Å². The first-order valence-corrected chi connectivity index (χ1v) is 4.91. The van der Waals surface area contributed by atoms with Crippen molar-refractivity contribution in [2.75, 3.05) is 11.9 Å². The molecular formula is C10H15ClN2. The zero-order valence-electron chi connectivity index (χ0n) is 8.05. The number of nitrogens with zero attached hydrogens (tertiary/aromatic N) is 1. The van der Waals surface area contributed by atoms with Crippen molar-refractivity contribution < 1.29 is 0 Å². The summed E-state index contributed by atoms with van der Waals surface area (Å²) in [6.07, 6.45) is 2.92. The lowest BCUT2D eigenvalue weighted by Crippen LogP contribution is -2.04. The van der Waals surface area contributed by atoms with Gasteiger partial charge in [-0.05, 0) is 24.5 Å². The van der Waals surface area contributed by atoms with Crippen LogP contribution in [-0.2, 0) is 0 Å². The van der Waals surface area contributed by atoms with Crippen LogP contribution in [0.25, 0.3) is 0 Å². The average molecular weight is 199 g/mol. The van der Waals surface area contributed by atoms with E-state index in [1.54, 1.807) is 12.3 Å². The first-order valence-electron chi connectivity index (χ1n) is 4.54. The van der Waals surface area contributed by atoms with Crippen molar-refractivity contribution in [2.24, 2.45) is 5.92 Å². The zero-order chi connectivity index (χ0) is 9.68. The van der Waals surface area contributed by atoms with E-state index in [-0.39, 0.29) is 0 Å². The molecule has 0 aromatic carbocycles. The number of aromatic nitrogens is 1. The monoisotopic (exact) mass is 198 g/mol. The van der Waals surface area contributed by atoms with Crippen molar-refractivity contribution in [1.29, 1.82) is 0 Å². The average Bonchev–Trinajstić information content (AvgIpc) is 2.08. The van der Waals surface area contributed by atoms with Gasteiger partial charge >= 0.3 is 0 Å². The molecule has 0 spiro atoms. The molecule has 0 saturated carbocycles. The molecule has 1 N–H and O–H groups in total. The van der Waals surface area contributed by atoms with Crippen LogP contribution in [0.3, 0.4) is 0 Å². The minimum atomic E-state index is 0.536. The van der Waals surface area contributed by atoms with Crippen molar-refractivity contribution in [2.45, 2.75) is 20.3 Å². The zero-order valence-corrected chi connectivity index (χ0v) is 8.80. The smallest absolute Gasteiger partial charge is 0.129 e. The fraction of sp³-hybridized carbons (Fsp3) is 0.500. The third-order valence-electron chi connectivity index (χ3n) is 1.78. The highest BCUT2D eigenvalue weighted by Gasteiger charge is 1.95. The Kier molecular flexibility index (Phi) is 4.03. The molecule has 13 heavy (non-hydrogen) atoms. The Bertz CT molecular complexity index is 244. The second kappa shape index (κ2) is 5.07. The Balaban J connectivity index is 2.33. The fourth-order valence-electron chi connectivity index (χ4n) is 0.986. The number of pyridine rings is 1. The van der Waals surface area contributed by atoms with Crippen LogP contribution in [0, 0.1) is 5.92 Å². The van der Waals surface area contributed by atoms with Gasteiger partial charge in [0.15, 0.2) is 0 Å². The van der Waals surface area contributed by atoms with E-state index < -0.39 is 0 Å². The number of hydrogen-bond donors (Lipinski definition) is 1. The van der Waals surface area contributed by atoms with E-state index in [4.69, 9.17) is 11.6 Å². The second-order valence-electron chi connectivity index (χ2n) is 3.48. The molecule has 72 valence electrons. The molecule has 0 saturated heterocycles. The summed E-state index contributed by atoms with van der Waals surface area (Å²) < 4.78 is 0. The normalized spacial score (nSPS) is 10.5. The molecule has 1 aromatic rings. The molecule has 0 bridgehead atoms. The standard InChI is InChI=1S/C10H15ClN2/c1-8(2)5-6-12-9-3-4-10(11)13-7-9/h3-4,7-8,12H,5-6H2,1-2H3. The van der Waals surface area contributed by atoms with E-state index in [0.29, 0.717) is 5.15 Å². The lowest BCUT2D eigenvalue weighted by atomic mass is 10.1. The highest BCUT2D eigenvalue weighted by Crippen LogP contribution is 2.10. The molecule has 0 aliphatic carbocycles. The van der Waals surface area contributed by atoms with E-state index in [9.17, 15) is 0 Å². The summed E-state index contributed by atoms with van der Waals surface area (Å²) in [5.41, 5.74) is 1.03. The third kappa shape index (κ3) is 4.13. The lowest BCUT2D eigenvalue weighted by molar-refractivity contribution is 0.607. The molecule has 0 fully saturated rings. The second-order valence-corrected chi connectivity index (χ2v) is 3.87. The van der Waals surface area contributed by atoms with Gasteiger partial charge in [0.1, 0.15) is 5.15 Å². The van der Waals surface area contributed by atoms with Gasteiger partial charge in [-0.1, -0.05) is 25.4 Å². The largest absolute Gasteiger partial charge is 0.384 e. The van der Waals surface area contributed by atoms with Gasteiger partial charge in [0.2, 0.25) is 0 Å². The molecule has 1 heterocycles. The summed E-state index contributed by atoms with van der Waals surface area (Å²) in [6.45, 7) is 5.41. The number of nitrogens with one attached hydrogen (secondary N) is 1. The van der Waals surface area contributed by atoms with Crippen molar-refractivity contribution in [3.8, 4) is 0 Å². The van der Waals surface area contributed by atoms with Crippen LogP contribution >= 0.6 is 11.6 Å². The van der Waals surface area contributed by atoms with Gasteiger partial charge in [0.05, 0.1) is 11.9 Å². The number of rotatable bonds is 4. The maximum absolute atomic E-state index is 5.66. The van der Waals surface area contributed by atoms with Gasteiger partial charge in [0, 0.05) is 6.54 Å². The molecule has 0 atom stereocenters. The van der Waals surface area contributed by atoms with Crippen LogP contribution in [0.1, 0.15) is 20.3 Å². The van der Waals surface area contributed by atoms with Crippen LogP contribution in [0.5, 0.6) is 0 Å². The molecule has 2 nitrogen and oxygen atoms in total. The van der Waals surface area contributed by atoms with Gasteiger partial charge < -0.3 is 5.32 Å². The Morgan fingerprint density at radius 2 is 2.23 bits per heavy atom. The summed E-state index contributed by atoms with van der Waals surface area (Å²) in [4.78, 5) is 3.98. The van der Waals surface area contributed by atoms with Crippen LogP contribution in [0.4, 0.5) is 5.69 Å². The maximum atomic E-state index is 5.66. The summed E-state index contributed by atoms with van der Waals surface area (Å²) >= 11 is 5.66. The molecule has 0 unspecified atom stereocenters. The number of anilines is 1. The fourth-order valence-corrected chi connectivity index (χ4v) is 1.10. The topological polar surface area (TPSA) is 24.9 Å². The minimum absolute atomic E-state index is 0.536. The Morgan fingerprint density at radius 1 is 1.46 bits per heavy atom. The summed E-state index contributed by atoms with van der Waals surface area (Å²) in [6, 6.07) is 3.73. The number of hydrogen-bond acceptors (Lipinski definition) is 2. The van der Waals surface area contributed by atoms with Crippen LogP contribution < -0.4 is 5.32 Å². The molecule has 0 aliphatic rings. The van der Waals surface area contributed by atoms with Crippen molar-refractivity contribution in [3.05, 3.63) is 23.5 Å². The highest BCUT2D eigenvalue weighted by atomic mass is 35.5. The summed E-state index contributed by atoms with van der Waals surface area (Å²) in [5.74, 6) is 0.729. The molecule has 0 amide bonds. The van der Waals surface area contributed by atoms with Crippen LogP contribution in [0.2, 0.25) is 5.15 Å². The van der Waals surface area contributed by atoms with Gasteiger partial charge in [0.25, 0.3) is 0 Å². The van der Waals surface area contributed by atoms with Crippen molar-refractivity contribution in [1.82, 2.24) is 4.98 Å². The van der Waals surface area contributed by atoms with Gasteiger partial charge in [-0.2, -0.15) is 0 Å². The van der Waals surface area contributed by atoms with Gasteiger partial charge in [-0.25, -0.2) is 4.98 Å². The van der Waals surface area contributed by atoms with Crippen LogP contribution in [0.15, 0.2) is 18.3 Å². The SMILES string of the molecule is CC(C)CCNc1ccc(Cl)nc1. The first-order chi connectivity index (χ1) is 6.18. The van der Waals surface area contributed by atoms with Gasteiger partial charge in [-0.15, -0.1) is 0 Å². The van der Waals surface area contributed by atoms with E-state index >= 15 is 0 Å². The van der Waals surface area contributed by atoms with Crippen molar-refractivity contribution >= 4 is 17.3 Å². The number of halogens is 1. The minimum Gasteiger partial charge on any atom is -0.384 e. The van der Waals surface area contributed by atoms with Gasteiger partial charge in [-0.3, -0.25) is 0 Å². The lowest BCUT2D eigenvalue weighted by Gasteiger charge is -2.07. The predicted octanol–water partition coefficient (Wildman–Crippen LogP) is 3.19. The molecule has 1 aromatic heterocycles.